The lowest BCUT2D eigenvalue weighted by atomic mass is 10.0. The van der Waals surface area contributed by atoms with Crippen LogP contribution in [0.2, 0.25) is 5.02 Å². The maximum Gasteiger partial charge on any atom is 0.278 e. The van der Waals surface area contributed by atoms with Crippen molar-refractivity contribution < 1.29 is 4.79 Å². The van der Waals surface area contributed by atoms with E-state index in [0.717, 1.165) is 29.7 Å². The average molecular weight is 369 g/mol. The predicted octanol–water partition coefficient (Wildman–Crippen LogP) is 4.61. The van der Waals surface area contributed by atoms with E-state index in [1.807, 2.05) is 30.3 Å². The highest BCUT2D eigenvalue weighted by Crippen LogP contribution is 2.23. The molecule has 0 saturated heterocycles. The smallest absolute Gasteiger partial charge is 0.278 e. The monoisotopic (exact) mass is 368 g/mol. The second-order valence-electron chi connectivity index (χ2n) is 6.02. The van der Waals surface area contributed by atoms with Crippen LogP contribution in [0.25, 0.3) is 5.69 Å². The zero-order valence-corrected chi connectivity index (χ0v) is 15.8. The lowest BCUT2D eigenvalue weighted by Crippen LogP contribution is -2.16. The van der Waals surface area contributed by atoms with E-state index in [9.17, 15) is 4.79 Å². The second kappa shape index (κ2) is 7.70. The molecule has 0 saturated carbocycles. The van der Waals surface area contributed by atoms with Crippen molar-refractivity contribution in [3.05, 3.63) is 70.0 Å². The van der Waals surface area contributed by atoms with Crippen LogP contribution in [0, 0.1) is 6.92 Å². The molecule has 0 fully saturated rings. The van der Waals surface area contributed by atoms with E-state index in [-0.39, 0.29) is 5.91 Å². The van der Waals surface area contributed by atoms with E-state index in [0.29, 0.717) is 22.1 Å². The summed E-state index contributed by atoms with van der Waals surface area (Å²) in [4.78, 5) is 14.3. The number of para-hydroxylation sites is 1. The van der Waals surface area contributed by atoms with Gasteiger partial charge >= 0.3 is 0 Å². The zero-order chi connectivity index (χ0) is 18.7. The average Bonchev–Trinajstić information content (AvgIpc) is 3.03. The van der Waals surface area contributed by atoms with Gasteiger partial charge in [-0.3, -0.25) is 4.79 Å². The molecule has 0 aliphatic carbocycles. The first-order valence-corrected chi connectivity index (χ1v) is 9.03. The van der Waals surface area contributed by atoms with Crippen LogP contribution in [0.1, 0.15) is 41.2 Å². The molecule has 0 spiro atoms. The summed E-state index contributed by atoms with van der Waals surface area (Å²) in [6.07, 6.45) is 1.69. The van der Waals surface area contributed by atoms with Crippen molar-refractivity contribution in [3.8, 4) is 5.69 Å². The predicted molar refractivity (Wildman–Crippen MR) is 104 cm³/mol. The Hall–Kier alpha value is -2.66. The van der Waals surface area contributed by atoms with Crippen molar-refractivity contribution in [1.82, 2.24) is 15.0 Å². The molecule has 1 N–H and O–H groups in total. The van der Waals surface area contributed by atoms with Crippen LogP contribution < -0.4 is 5.32 Å². The van der Waals surface area contributed by atoms with Gasteiger partial charge in [0.15, 0.2) is 5.69 Å². The number of halogens is 1. The SMILES string of the molecule is CCc1cccc(CC)c1NC(=O)c1nn(-c2cccc(Cl)c2)nc1C. The maximum atomic E-state index is 12.8. The molecule has 0 bridgehead atoms. The molecule has 3 rings (SSSR count). The second-order valence-corrected chi connectivity index (χ2v) is 6.45. The summed E-state index contributed by atoms with van der Waals surface area (Å²) in [5.41, 5.74) is 4.67. The molecule has 1 aromatic heterocycles. The molecule has 6 heteroatoms. The van der Waals surface area contributed by atoms with Crippen molar-refractivity contribution in [2.45, 2.75) is 33.6 Å². The van der Waals surface area contributed by atoms with Gasteiger partial charge < -0.3 is 5.32 Å². The summed E-state index contributed by atoms with van der Waals surface area (Å²) in [7, 11) is 0. The summed E-state index contributed by atoms with van der Waals surface area (Å²) >= 11 is 6.03. The minimum atomic E-state index is -0.258. The molecule has 3 aromatic rings. The van der Waals surface area contributed by atoms with Crippen molar-refractivity contribution in [1.29, 1.82) is 0 Å². The molecule has 134 valence electrons. The van der Waals surface area contributed by atoms with Gasteiger partial charge in [-0.05, 0) is 49.1 Å². The Balaban J connectivity index is 1.93. The quantitative estimate of drug-likeness (QED) is 0.715. The van der Waals surface area contributed by atoms with Crippen LogP contribution in [-0.4, -0.2) is 20.9 Å². The number of carbonyl (C=O) groups is 1. The van der Waals surface area contributed by atoms with Gasteiger partial charge in [0.25, 0.3) is 5.91 Å². The minimum Gasteiger partial charge on any atom is -0.320 e. The first-order valence-electron chi connectivity index (χ1n) is 8.65. The number of hydrogen-bond acceptors (Lipinski definition) is 3. The summed E-state index contributed by atoms with van der Waals surface area (Å²) in [6.45, 7) is 5.92. The first-order chi connectivity index (χ1) is 12.5. The Bertz CT molecular complexity index is 926. The minimum absolute atomic E-state index is 0.258. The number of rotatable bonds is 5. The fourth-order valence-corrected chi connectivity index (χ4v) is 3.06. The van der Waals surface area contributed by atoms with Crippen molar-refractivity contribution in [2.24, 2.45) is 0 Å². The number of benzene rings is 2. The fraction of sp³-hybridized carbons (Fsp3) is 0.250. The molecule has 0 radical (unpaired) electrons. The van der Waals surface area contributed by atoms with Crippen LogP contribution in [0.3, 0.4) is 0 Å². The van der Waals surface area contributed by atoms with E-state index in [2.05, 4.69) is 29.4 Å². The van der Waals surface area contributed by atoms with Crippen LogP contribution in [-0.2, 0) is 12.8 Å². The van der Waals surface area contributed by atoms with Gasteiger partial charge in [0.1, 0.15) is 0 Å². The molecule has 0 aliphatic rings. The highest BCUT2D eigenvalue weighted by molar-refractivity contribution is 6.30. The fourth-order valence-electron chi connectivity index (χ4n) is 2.88. The molecule has 2 aromatic carbocycles. The largest absolute Gasteiger partial charge is 0.320 e. The van der Waals surface area contributed by atoms with Crippen molar-refractivity contribution >= 4 is 23.2 Å². The maximum absolute atomic E-state index is 12.8. The third-order valence-corrected chi connectivity index (χ3v) is 4.51. The Labute approximate surface area is 158 Å². The molecule has 0 aliphatic heterocycles. The van der Waals surface area contributed by atoms with Crippen LogP contribution in [0.5, 0.6) is 0 Å². The van der Waals surface area contributed by atoms with Crippen molar-refractivity contribution in [3.63, 3.8) is 0 Å². The Morgan fingerprint density at radius 1 is 1.08 bits per heavy atom. The first kappa shape index (κ1) is 18.1. The summed E-state index contributed by atoms with van der Waals surface area (Å²) in [6, 6.07) is 13.3. The highest BCUT2D eigenvalue weighted by atomic mass is 35.5. The third kappa shape index (κ3) is 3.63. The Kier molecular flexibility index (Phi) is 5.38. The van der Waals surface area contributed by atoms with Gasteiger partial charge in [0.05, 0.1) is 11.4 Å². The standard InChI is InChI=1S/C20H21ClN4O/c1-4-14-8-6-9-15(5-2)19(14)22-20(26)18-13(3)23-25(24-18)17-11-7-10-16(21)12-17/h6-12H,4-5H2,1-3H3,(H,22,26). The Morgan fingerprint density at radius 2 is 1.73 bits per heavy atom. The van der Waals surface area contributed by atoms with E-state index < -0.39 is 0 Å². The van der Waals surface area contributed by atoms with Gasteiger partial charge in [-0.25, -0.2) is 0 Å². The van der Waals surface area contributed by atoms with Gasteiger partial charge in [0, 0.05) is 10.7 Å². The normalized spacial score (nSPS) is 10.8. The van der Waals surface area contributed by atoms with Gasteiger partial charge in [-0.15, -0.1) is 5.10 Å². The van der Waals surface area contributed by atoms with E-state index in [1.165, 1.54) is 4.80 Å². The highest BCUT2D eigenvalue weighted by Gasteiger charge is 2.18. The number of nitrogens with one attached hydrogen (secondary N) is 1. The molecule has 26 heavy (non-hydrogen) atoms. The lowest BCUT2D eigenvalue weighted by Gasteiger charge is -2.13. The molecule has 1 amide bonds. The van der Waals surface area contributed by atoms with Gasteiger partial charge in [0.2, 0.25) is 0 Å². The third-order valence-electron chi connectivity index (χ3n) is 4.27. The topological polar surface area (TPSA) is 59.8 Å². The Morgan fingerprint density at radius 3 is 2.35 bits per heavy atom. The molecular formula is C20H21ClN4O. The number of amides is 1. The molecular weight excluding hydrogens is 348 g/mol. The summed E-state index contributed by atoms with van der Waals surface area (Å²) < 4.78 is 0. The zero-order valence-electron chi connectivity index (χ0n) is 15.1. The molecule has 0 unspecified atom stereocenters. The van der Waals surface area contributed by atoms with Gasteiger partial charge in [-0.2, -0.15) is 9.90 Å². The van der Waals surface area contributed by atoms with Crippen molar-refractivity contribution in [2.75, 3.05) is 5.32 Å². The number of aryl methyl sites for hydroxylation is 3. The van der Waals surface area contributed by atoms with E-state index in [4.69, 9.17) is 11.6 Å². The number of aromatic nitrogens is 3. The number of carbonyl (C=O) groups excluding carboxylic acids is 1. The molecule has 1 heterocycles. The summed E-state index contributed by atoms with van der Waals surface area (Å²) in [5, 5.41) is 12.3. The lowest BCUT2D eigenvalue weighted by molar-refractivity contribution is 0.102. The van der Waals surface area contributed by atoms with Crippen LogP contribution >= 0.6 is 11.6 Å². The molecule has 5 nitrogen and oxygen atoms in total. The van der Waals surface area contributed by atoms with E-state index in [1.54, 1.807) is 19.1 Å². The summed E-state index contributed by atoms with van der Waals surface area (Å²) in [5.74, 6) is -0.258. The molecule has 0 atom stereocenters. The number of anilines is 1. The van der Waals surface area contributed by atoms with Crippen LogP contribution in [0.4, 0.5) is 5.69 Å². The van der Waals surface area contributed by atoms with Gasteiger partial charge in [-0.1, -0.05) is 49.7 Å². The number of hydrogen-bond donors (Lipinski definition) is 1. The van der Waals surface area contributed by atoms with Crippen LogP contribution in [0.15, 0.2) is 42.5 Å². The van der Waals surface area contributed by atoms with E-state index >= 15 is 0 Å². The number of nitrogens with zero attached hydrogens (tertiary/aromatic N) is 3.